The van der Waals surface area contributed by atoms with Gasteiger partial charge in [-0.05, 0) is 42.2 Å². The Balaban J connectivity index is 1.45. The molecule has 0 saturated carbocycles. The third-order valence-corrected chi connectivity index (χ3v) is 9.01. The van der Waals surface area contributed by atoms with Gasteiger partial charge in [0, 0.05) is 11.9 Å². The summed E-state index contributed by atoms with van der Waals surface area (Å²) in [6.07, 6.45) is 2.62. The van der Waals surface area contributed by atoms with Crippen molar-refractivity contribution in [2.75, 3.05) is 4.90 Å². The minimum Gasteiger partial charge on any atom is -0.505 e. The fourth-order valence-electron chi connectivity index (χ4n) is 4.88. The molecule has 200 valence electrons. The Kier molecular flexibility index (Phi) is 6.95. The average Bonchev–Trinajstić information content (AvgIpc) is 3.66. The van der Waals surface area contributed by atoms with Gasteiger partial charge in [0.1, 0.15) is 11.3 Å². The maximum atomic E-state index is 13.6. The number of ketones is 1. The van der Waals surface area contributed by atoms with Crippen LogP contribution in [0.1, 0.15) is 41.0 Å². The van der Waals surface area contributed by atoms with E-state index in [1.165, 1.54) is 28.0 Å². The lowest BCUT2D eigenvalue weighted by molar-refractivity contribution is -0.132. The van der Waals surface area contributed by atoms with Crippen LogP contribution < -0.4 is 4.90 Å². The van der Waals surface area contributed by atoms with Crippen LogP contribution in [0.4, 0.5) is 5.13 Å². The van der Waals surface area contributed by atoms with Crippen LogP contribution in [0, 0.1) is 6.92 Å². The number of rotatable bonds is 7. The molecule has 5 aromatic rings. The number of fused-ring (bicyclic) bond motifs is 1. The van der Waals surface area contributed by atoms with Gasteiger partial charge in [0.15, 0.2) is 10.1 Å². The zero-order chi connectivity index (χ0) is 27.8. The Morgan fingerprint density at radius 1 is 0.975 bits per heavy atom. The number of amides is 1. The molecule has 6 rings (SSSR count). The molecule has 0 aliphatic carbocycles. The van der Waals surface area contributed by atoms with E-state index in [4.69, 9.17) is 0 Å². The van der Waals surface area contributed by atoms with E-state index in [9.17, 15) is 14.7 Å². The smallest absolute Gasteiger partial charge is 0.301 e. The van der Waals surface area contributed by atoms with Gasteiger partial charge in [-0.15, -0.1) is 10.2 Å². The number of benzene rings is 2. The maximum Gasteiger partial charge on any atom is 0.301 e. The number of hydrogen-bond donors (Lipinski definition) is 1. The number of aromatic nitrogens is 4. The third-order valence-electron chi connectivity index (χ3n) is 6.88. The molecule has 2 aromatic carbocycles. The number of imidazole rings is 1. The van der Waals surface area contributed by atoms with E-state index >= 15 is 0 Å². The van der Waals surface area contributed by atoms with Gasteiger partial charge in [-0.25, -0.2) is 4.98 Å². The molecular formula is C30H25N5O3S2. The van der Waals surface area contributed by atoms with Gasteiger partial charge in [0.2, 0.25) is 5.13 Å². The van der Waals surface area contributed by atoms with Crippen LogP contribution in [-0.2, 0) is 21.8 Å². The number of anilines is 1. The van der Waals surface area contributed by atoms with Gasteiger partial charge >= 0.3 is 5.91 Å². The lowest BCUT2D eigenvalue weighted by Gasteiger charge is -2.22. The fourth-order valence-corrected chi connectivity index (χ4v) is 6.71. The standard InChI is InChI=1S/C30H25N5O3S2/c1-3-19-12-14-21(15-13-19)25-23(26(36)24-18(2)31-22-11-7-8-16-34(22)24)27(37)28(38)35(25)29-32-33-30(40-29)39-17-20-9-5-4-6-10-20/h4-16,25,36H,3,17H2,1-2H3. The van der Waals surface area contributed by atoms with Crippen molar-refractivity contribution in [3.63, 3.8) is 0 Å². The van der Waals surface area contributed by atoms with E-state index in [0.717, 1.165) is 17.5 Å². The van der Waals surface area contributed by atoms with E-state index in [1.807, 2.05) is 72.8 Å². The van der Waals surface area contributed by atoms with Gasteiger partial charge in [-0.2, -0.15) is 0 Å². The number of aryl methyl sites for hydroxylation is 2. The van der Waals surface area contributed by atoms with Crippen LogP contribution in [-0.4, -0.2) is 36.4 Å². The second-order valence-electron chi connectivity index (χ2n) is 9.36. The summed E-state index contributed by atoms with van der Waals surface area (Å²) in [5, 5.41) is 20.6. The first kappa shape index (κ1) is 26.0. The van der Waals surface area contributed by atoms with Gasteiger partial charge in [0.05, 0.1) is 17.3 Å². The molecule has 0 spiro atoms. The molecule has 1 saturated heterocycles. The summed E-state index contributed by atoms with van der Waals surface area (Å²) in [7, 11) is 0. The highest BCUT2D eigenvalue weighted by molar-refractivity contribution is 8.00. The first-order valence-electron chi connectivity index (χ1n) is 12.8. The minimum atomic E-state index is -0.875. The SMILES string of the molecule is CCc1ccc(C2C(=C(O)c3c(C)nc4ccccn34)C(=O)C(=O)N2c2nnc(SCc3ccccc3)s2)cc1. The molecule has 0 radical (unpaired) electrons. The average molecular weight is 568 g/mol. The molecule has 1 unspecified atom stereocenters. The summed E-state index contributed by atoms with van der Waals surface area (Å²) in [5.74, 6) is -1.11. The van der Waals surface area contributed by atoms with Crippen LogP contribution in [0.25, 0.3) is 11.4 Å². The maximum absolute atomic E-state index is 13.6. The van der Waals surface area contributed by atoms with Crippen molar-refractivity contribution < 1.29 is 14.7 Å². The molecule has 1 fully saturated rings. The van der Waals surface area contributed by atoms with E-state index in [2.05, 4.69) is 22.1 Å². The summed E-state index contributed by atoms with van der Waals surface area (Å²) in [6.45, 7) is 3.83. The molecule has 8 nitrogen and oxygen atoms in total. The van der Waals surface area contributed by atoms with Crippen LogP contribution in [0.3, 0.4) is 0 Å². The normalized spacial score (nSPS) is 16.8. The van der Waals surface area contributed by atoms with Crippen molar-refractivity contribution in [1.29, 1.82) is 0 Å². The van der Waals surface area contributed by atoms with Crippen LogP contribution >= 0.6 is 23.1 Å². The molecule has 1 amide bonds. The van der Waals surface area contributed by atoms with Crippen molar-refractivity contribution in [2.45, 2.75) is 36.4 Å². The van der Waals surface area contributed by atoms with Crippen molar-refractivity contribution in [1.82, 2.24) is 19.6 Å². The van der Waals surface area contributed by atoms with E-state index in [1.54, 1.807) is 17.5 Å². The monoisotopic (exact) mass is 567 g/mol. The van der Waals surface area contributed by atoms with Crippen molar-refractivity contribution in [3.8, 4) is 0 Å². The Bertz CT molecular complexity index is 1760. The van der Waals surface area contributed by atoms with Crippen molar-refractivity contribution >= 4 is 51.3 Å². The second-order valence-corrected chi connectivity index (χ2v) is 11.5. The van der Waals surface area contributed by atoms with E-state index in [-0.39, 0.29) is 11.3 Å². The largest absolute Gasteiger partial charge is 0.505 e. The molecule has 4 heterocycles. The molecule has 1 aliphatic rings. The van der Waals surface area contributed by atoms with Crippen LogP contribution in [0.2, 0.25) is 0 Å². The van der Waals surface area contributed by atoms with E-state index in [0.29, 0.717) is 37.8 Å². The number of nitrogens with zero attached hydrogens (tertiary/aromatic N) is 5. The van der Waals surface area contributed by atoms with Gasteiger partial charge in [-0.1, -0.05) is 90.7 Å². The Morgan fingerprint density at radius 3 is 2.48 bits per heavy atom. The number of hydrogen-bond acceptors (Lipinski definition) is 8. The highest BCUT2D eigenvalue weighted by atomic mass is 32.2. The third kappa shape index (κ3) is 4.59. The first-order valence-corrected chi connectivity index (χ1v) is 14.6. The fraction of sp³-hybridized carbons (Fsp3) is 0.167. The van der Waals surface area contributed by atoms with Crippen molar-refractivity contribution in [2.24, 2.45) is 0 Å². The topological polar surface area (TPSA) is 101 Å². The predicted molar refractivity (Wildman–Crippen MR) is 156 cm³/mol. The summed E-state index contributed by atoms with van der Waals surface area (Å²) < 4.78 is 2.40. The molecule has 40 heavy (non-hydrogen) atoms. The zero-order valence-electron chi connectivity index (χ0n) is 21.8. The summed E-state index contributed by atoms with van der Waals surface area (Å²) in [6, 6.07) is 22.3. The second kappa shape index (κ2) is 10.7. The highest BCUT2D eigenvalue weighted by Gasteiger charge is 2.48. The molecule has 10 heteroatoms. The minimum absolute atomic E-state index is 0.00306. The number of aliphatic hydroxyl groups is 1. The summed E-state index contributed by atoms with van der Waals surface area (Å²) in [5.41, 5.74) is 4.50. The zero-order valence-corrected chi connectivity index (χ0v) is 23.4. The number of thioether (sulfide) groups is 1. The lowest BCUT2D eigenvalue weighted by atomic mass is 9.95. The molecular weight excluding hydrogens is 542 g/mol. The van der Waals surface area contributed by atoms with Gasteiger partial charge in [-0.3, -0.25) is 18.9 Å². The van der Waals surface area contributed by atoms with Gasteiger partial charge < -0.3 is 5.11 Å². The number of Topliss-reactive ketones (excluding diaryl/α,β-unsaturated/α-hetero) is 1. The number of aliphatic hydroxyl groups excluding tert-OH is 1. The predicted octanol–water partition coefficient (Wildman–Crippen LogP) is 5.98. The highest BCUT2D eigenvalue weighted by Crippen LogP contribution is 2.44. The van der Waals surface area contributed by atoms with Crippen molar-refractivity contribution in [3.05, 3.63) is 113 Å². The van der Waals surface area contributed by atoms with Crippen LogP contribution in [0.15, 0.2) is 88.9 Å². The quantitative estimate of drug-likeness (QED) is 0.0850. The molecule has 0 bridgehead atoms. The van der Waals surface area contributed by atoms with Gasteiger partial charge in [0.25, 0.3) is 5.78 Å². The Labute approximate surface area is 239 Å². The molecule has 3 aromatic heterocycles. The Hall–Kier alpha value is -4.28. The first-order chi connectivity index (χ1) is 19.5. The number of pyridine rings is 1. The number of carbonyl (C=O) groups excluding carboxylic acids is 2. The van der Waals surface area contributed by atoms with E-state index < -0.39 is 17.7 Å². The lowest BCUT2D eigenvalue weighted by Crippen LogP contribution is -2.29. The Morgan fingerprint density at radius 2 is 1.73 bits per heavy atom. The van der Waals surface area contributed by atoms with Crippen LogP contribution in [0.5, 0.6) is 0 Å². The number of carbonyl (C=O) groups is 2. The molecule has 1 aliphatic heterocycles. The molecule has 1 N–H and O–H groups in total. The molecule has 1 atom stereocenters. The summed E-state index contributed by atoms with van der Waals surface area (Å²) in [4.78, 5) is 33.1. The summed E-state index contributed by atoms with van der Waals surface area (Å²) >= 11 is 2.76.